The normalized spacial score (nSPS) is 10.3. The van der Waals surface area contributed by atoms with E-state index in [0.29, 0.717) is 39.0 Å². The van der Waals surface area contributed by atoms with E-state index in [4.69, 9.17) is 32.7 Å². The SMILES string of the molecule is COc1ccc(Nc2ccnc(Nc3cc(Cl)ccc3Cl)n2)cc1OC. The van der Waals surface area contributed by atoms with Crippen LogP contribution in [0.2, 0.25) is 10.0 Å². The average molecular weight is 391 g/mol. The highest BCUT2D eigenvalue weighted by Gasteiger charge is 2.07. The molecule has 3 rings (SSSR count). The molecule has 0 saturated heterocycles. The Morgan fingerprint density at radius 1 is 0.885 bits per heavy atom. The fourth-order valence-corrected chi connectivity index (χ4v) is 2.60. The summed E-state index contributed by atoms with van der Waals surface area (Å²) in [4.78, 5) is 8.62. The molecule has 134 valence electrons. The summed E-state index contributed by atoms with van der Waals surface area (Å²) in [6.07, 6.45) is 1.64. The molecule has 0 radical (unpaired) electrons. The summed E-state index contributed by atoms with van der Waals surface area (Å²) < 4.78 is 10.5. The topological polar surface area (TPSA) is 68.3 Å². The molecule has 1 aromatic heterocycles. The van der Waals surface area contributed by atoms with Crippen molar-refractivity contribution in [2.24, 2.45) is 0 Å². The highest BCUT2D eigenvalue weighted by molar-refractivity contribution is 6.35. The van der Waals surface area contributed by atoms with Gasteiger partial charge in [0.05, 0.1) is 24.9 Å². The number of aromatic nitrogens is 2. The Morgan fingerprint density at radius 3 is 2.46 bits per heavy atom. The fraction of sp³-hybridized carbons (Fsp3) is 0.111. The summed E-state index contributed by atoms with van der Waals surface area (Å²) >= 11 is 12.2. The number of rotatable bonds is 6. The lowest BCUT2D eigenvalue weighted by Gasteiger charge is -2.12. The number of nitrogens with zero attached hydrogens (tertiary/aromatic N) is 2. The highest BCUT2D eigenvalue weighted by atomic mass is 35.5. The Kier molecular flexibility index (Phi) is 5.65. The minimum absolute atomic E-state index is 0.389. The van der Waals surface area contributed by atoms with Crippen LogP contribution in [0.5, 0.6) is 11.5 Å². The Labute approximate surface area is 161 Å². The van der Waals surface area contributed by atoms with E-state index in [0.717, 1.165) is 5.69 Å². The first-order valence-corrected chi connectivity index (χ1v) is 8.39. The van der Waals surface area contributed by atoms with Crippen LogP contribution in [-0.4, -0.2) is 24.2 Å². The van der Waals surface area contributed by atoms with Crippen molar-refractivity contribution in [1.82, 2.24) is 9.97 Å². The highest BCUT2D eigenvalue weighted by Crippen LogP contribution is 2.31. The Balaban J connectivity index is 1.80. The monoisotopic (exact) mass is 390 g/mol. The molecule has 0 saturated carbocycles. The molecular formula is C18H16Cl2N4O2. The lowest BCUT2D eigenvalue weighted by Crippen LogP contribution is -2.01. The van der Waals surface area contributed by atoms with E-state index in [1.807, 2.05) is 18.2 Å². The molecule has 2 N–H and O–H groups in total. The van der Waals surface area contributed by atoms with Gasteiger partial charge in [0, 0.05) is 23.0 Å². The van der Waals surface area contributed by atoms with E-state index in [1.54, 1.807) is 44.7 Å². The van der Waals surface area contributed by atoms with Crippen LogP contribution in [0.4, 0.5) is 23.1 Å². The van der Waals surface area contributed by atoms with Gasteiger partial charge in [-0.25, -0.2) is 4.98 Å². The number of hydrogen-bond donors (Lipinski definition) is 2. The van der Waals surface area contributed by atoms with Crippen molar-refractivity contribution in [3.63, 3.8) is 0 Å². The molecule has 0 atom stereocenters. The van der Waals surface area contributed by atoms with Crippen molar-refractivity contribution in [2.45, 2.75) is 0 Å². The number of anilines is 4. The smallest absolute Gasteiger partial charge is 0.229 e. The predicted molar refractivity (Wildman–Crippen MR) is 105 cm³/mol. The number of ether oxygens (including phenoxy) is 2. The number of methoxy groups -OCH3 is 2. The molecule has 0 spiro atoms. The molecule has 0 aliphatic rings. The zero-order chi connectivity index (χ0) is 18.5. The second-order valence-electron chi connectivity index (χ2n) is 5.21. The molecule has 0 aliphatic heterocycles. The molecular weight excluding hydrogens is 375 g/mol. The third-order valence-corrected chi connectivity index (χ3v) is 4.05. The molecule has 26 heavy (non-hydrogen) atoms. The quantitative estimate of drug-likeness (QED) is 0.595. The maximum absolute atomic E-state index is 6.16. The van der Waals surface area contributed by atoms with Gasteiger partial charge < -0.3 is 20.1 Å². The van der Waals surface area contributed by atoms with Crippen molar-refractivity contribution < 1.29 is 9.47 Å². The van der Waals surface area contributed by atoms with E-state index in [2.05, 4.69) is 20.6 Å². The second-order valence-corrected chi connectivity index (χ2v) is 6.05. The summed E-state index contributed by atoms with van der Waals surface area (Å²) in [5.74, 6) is 2.27. The first-order valence-electron chi connectivity index (χ1n) is 7.63. The third-order valence-electron chi connectivity index (χ3n) is 3.49. The van der Waals surface area contributed by atoms with Crippen LogP contribution < -0.4 is 20.1 Å². The average Bonchev–Trinajstić information content (AvgIpc) is 2.65. The van der Waals surface area contributed by atoms with Crippen LogP contribution in [0.3, 0.4) is 0 Å². The van der Waals surface area contributed by atoms with Crippen LogP contribution >= 0.6 is 23.2 Å². The van der Waals surface area contributed by atoms with Crippen molar-refractivity contribution in [1.29, 1.82) is 0 Å². The molecule has 6 nitrogen and oxygen atoms in total. The van der Waals surface area contributed by atoms with E-state index in [1.165, 1.54) is 0 Å². The fourth-order valence-electron chi connectivity index (χ4n) is 2.26. The van der Waals surface area contributed by atoms with Crippen LogP contribution in [0, 0.1) is 0 Å². The first kappa shape index (κ1) is 18.1. The summed E-state index contributed by atoms with van der Waals surface area (Å²) in [5, 5.41) is 7.34. The van der Waals surface area contributed by atoms with Gasteiger partial charge in [-0.3, -0.25) is 0 Å². The van der Waals surface area contributed by atoms with Crippen molar-refractivity contribution in [2.75, 3.05) is 24.9 Å². The van der Waals surface area contributed by atoms with Gasteiger partial charge in [-0.2, -0.15) is 4.98 Å². The van der Waals surface area contributed by atoms with Crippen molar-refractivity contribution in [3.8, 4) is 11.5 Å². The molecule has 8 heteroatoms. The summed E-state index contributed by atoms with van der Waals surface area (Å²) in [6, 6.07) is 12.4. The van der Waals surface area contributed by atoms with Gasteiger partial charge in [0.2, 0.25) is 5.95 Å². The van der Waals surface area contributed by atoms with Gasteiger partial charge in [0.15, 0.2) is 11.5 Å². The largest absolute Gasteiger partial charge is 0.493 e. The Bertz CT molecular complexity index is 921. The standard InChI is InChI=1S/C18H16Cl2N4O2/c1-25-15-6-4-12(10-16(15)26-2)22-17-7-8-21-18(24-17)23-14-9-11(19)3-5-13(14)20/h3-10H,1-2H3,(H2,21,22,23,24). The zero-order valence-electron chi connectivity index (χ0n) is 14.1. The summed E-state index contributed by atoms with van der Waals surface area (Å²) in [5.41, 5.74) is 1.43. The Hall–Kier alpha value is -2.70. The first-order chi connectivity index (χ1) is 12.6. The minimum atomic E-state index is 0.389. The maximum Gasteiger partial charge on any atom is 0.229 e. The molecule has 0 aliphatic carbocycles. The van der Waals surface area contributed by atoms with Crippen molar-refractivity contribution in [3.05, 3.63) is 58.7 Å². The third kappa shape index (κ3) is 4.28. The maximum atomic E-state index is 6.16. The van der Waals surface area contributed by atoms with Gasteiger partial charge >= 0.3 is 0 Å². The minimum Gasteiger partial charge on any atom is -0.493 e. The lowest BCUT2D eigenvalue weighted by molar-refractivity contribution is 0.355. The van der Waals surface area contributed by atoms with Gasteiger partial charge in [-0.15, -0.1) is 0 Å². The van der Waals surface area contributed by atoms with Gasteiger partial charge in [-0.05, 0) is 36.4 Å². The predicted octanol–water partition coefficient (Wildman–Crippen LogP) is 5.29. The Morgan fingerprint density at radius 2 is 1.69 bits per heavy atom. The summed E-state index contributed by atoms with van der Waals surface area (Å²) in [7, 11) is 3.18. The van der Waals surface area contributed by atoms with Crippen LogP contribution in [0.1, 0.15) is 0 Å². The van der Waals surface area contributed by atoms with Crippen LogP contribution in [0.15, 0.2) is 48.7 Å². The van der Waals surface area contributed by atoms with Gasteiger partial charge in [0.1, 0.15) is 5.82 Å². The van der Waals surface area contributed by atoms with E-state index in [-0.39, 0.29) is 0 Å². The number of nitrogens with one attached hydrogen (secondary N) is 2. The summed E-state index contributed by atoms with van der Waals surface area (Å²) in [6.45, 7) is 0. The molecule has 0 amide bonds. The van der Waals surface area contributed by atoms with E-state index < -0.39 is 0 Å². The molecule has 0 bridgehead atoms. The molecule has 3 aromatic rings. The lowest BCUT2D eigenvalue weighted by atomic mass is 10.2. The molecule has 0 unspecified atom stereocenters. The second kappa shape index (κ2) is 8.12. The number of benzene rings is 2. The van der Waals surface area contributed by atoms with E-state index >= 15 is 0 Å². The van der Waals surface area contributed by atoms with Gasteiger partial charge in [0.25, 0.3) is 0 Å². The number of halogens is 2. The van der Waals surface area contributed by atoms with Crippen molar-refractivity contribution >= 4 is 46.3 Å². The number of hydrogen-bond acceptors (Lipinski definition) is 6. The molecule has 2 aromatic carbocycles. The van der Waals surface area contributed by atoms with Crippen LogP contribution in [-0.2, 0) is 0 Å². The molecule has 1 heterocycles. The van der Waals surface area contributed by atoms with Crippen LogP contribution in [0.25, 0.3) is 0 Å². The van der Waals surface area contributed by atoms with E-state index in [9.17, 15) is 0 Å². The zero-order valence-corrected chi connectivity index (χ0v) is 15.6. The molecule has 0 fully saturated rings. The van der Waals surface area contributed by atoms with Gasteiger partial charge in [-0.1, -0.05) is 23.2 Å².